The van der Waals surface area contributed by atoms with Crippen LogP contribution in [0.5, 0.6) is 5.75 Å². The number of amides is 2. The summed E-state index contributed by atoms with van der Waals surface area (Å²) < 4.78 is 46.5. The van der Waals surface area contributed by atoms with E-state index in [0.29, 0.717) is 58.4 Å². The molecule has 10 rings (SSSR count). The SMILES string of the molecule is C[C@@H]1CC(Oc2cccc(C3=N[C@H](C(C)(C)C)CO3)c2NS(=O)(=O)c2cc(C(=O)N3c4ccccc4Sc4ccccc43)cc(C(=O)N3c4ccccc4Sc4ccccc43)c2)C[C@H](C)C1. The fourth-order valence-corrected chi connectivity index (χ4v) is 12.6. The van der Waals surface area contributed by atoms with Crippen LogP contribution in [0.1, 0.15) is 80.2 Å². The number of ether oxygens (including phenoxy) is 2. The molecule has 6 aromatic carbocycles. The van der Waals surface area contributed by atoms with E-state index >= 15 is 18.0 Å². The van der Waals surface area contributed by atoms with Crippen molar-refractivity contribution in [2.24, 2.45) is 22.2 Å². The maximum absolute atomic E-state index is 15.3. The zero-order chi connectivity index (χ0) is 45.9. The zero-order valence-corrected chi connectivity index (χ0v) is 39.8. The van der Waals surface area contributed by atoms with Crippen LogP contribution in [-0.4, -0.2) is 44.9 Å². The van der Waals surface area contributed by atoms with Crippen molar-refractivity contribution in [3.63, 3.8) is 0 Å². The van der Waals surface area contributed by atoms with E-state index in [1.165, 1.54) is 18.2 Å². The molecule has 0 aromatic heterocycles. The van der Waals surface area contributed by atoms with Crippen molar-refractivity contribution in [1.82, 2.24) is 0 Å². The van der Waals surface area contributed by atoms with Gasteiger partial charge < -0.3 is 9.47 Å². The van der Waals surface area contributed by atoms with Crippen molar-refractivity contribution in [3.8, 4) is 5.75 Å². The van der Waals surface area contributed by atoms with Crippen molar-refractivity contribution < 1.29 is 27.5 Å². The van der Waals surface area contributed by atoms with Crippen molar-refractivity contribution in [3.05, 3.63) is 150 Å². The molecule has 336 valence electrons. The van der Waals surface area contributed by atoms with Gasteiger partial charge in [0.05, 0.1) is 45.4 Å². The number of rotatable bonds is 8. The lowest BCUT2D eigenvalue weighted by atomic mass is 9.82. The quantitative estimate of drug-likeness (QED) is 0.160. The minimum Gasteiger partial charge on any atom is -0.488 e. The van der Waals surface area contributed by atoms with E-state index in [1.807, 2.05) is 103 Å². The van der Waals surface area contributed by atoms with Crippen molar-refractivity contribution in [2.45, 2.75) is 90.5 Å². The molecule has 1 N–H and O–H groups in total. The number of fused-ring (bicyclic) bond motifs is 4. The molecule has 0 spiro atoms. The van der Waals surface area contributed by atoms with Crippen LogP contribution in [0.3, 0.4) is 0 Å². The Kier molecular flexibility index (Phi) is 11.5. The molecular formula is C53H50N4O6S3. The number of hydrogen-bond donors (Lipinski definition) is 1. The van der Waals surface area contributed by atoms with Gasteiger partial charge in [-0.1, -0.05) is 113 Å². The third-order valence-corrected chi connectivity index (χ3v) is 16.1. The van der Waals surface area contributed by atoms with Crippen molar-refractivity contribution in [1.29, 1.82) is 0 Å². The van der Waals surface area contributed by atoms with E-state index in [0.717, 1.165) is 38.8 Å². The summed E-state index contributed by atoms with van der Waals surface area (Å²) in [5, 5.41) is 0. The molecular weight excluding hydrogens is 885 g/mol. The monoisotopic (exact) mass is 934 g/mol. The number of benzene rings is 6. The first-order chi connectivity index (χ1) is 31.7. The van der Waals surface area contributed by atoms with Gasteiger partial charge in [0.15, 0.2) is 0 Å². The minimum atomic E-state index is -4.60. The second kappa shape index (κ2) is 17.3. The van der Waals surface area contributed by atoms with Crippen LogP contribution in [0.15, 0.2) is 163 Å². The molecule has 1 saturated carbocycles. The van der Waals surface area contributed by atoms with E-state index in [2.05, 4.69) is 39.3 Å². The number of anilines is 5. The average Bonchev–Trinajstić information content (AvgIpc) is 3.81. The highest BCUT2D eigenvalue weighted by Crippen LogP contribution is 2.50. The molecule has 6 aromatic rings. The van der Waals surface area contributed by atoms with Gasteiger partial charge in [0.1, 0.15) is 18.0 Å². The van der Waals surface area contributed by atoms with E-state index < -0.39 is 21.8 Å². The summed E-state index contributed by atoms with van der Waals surface area (Å²) >= 11 is 3.11. The fourth-order valence-electron chi connectivity index (χ4n) is 9.33. The highest BCUT2D eigenvalue weighted by atomic mass is 32.2. The Balaban J connectivity index is 1.12. The van der Waals surface area contributed by atoms with Gasteiger partial charge in [0.25, 0.3) is 21.8 Å². The summed E-state index contributed by atoms with van der Waals surface area (Å²) in [5.41, 5.74) is 3.01. The standard InChI is InChI=1S/C53H50N4O6S3/c1-32-25-33(2)27-36(26-32)63-43-20-14-15-38(50-54-48(31-62-50)53(3,4)5)49(43)55-66(60,61)37-29-34(51(58)56-39-16-6-10-21-44(39)64-45-22-11-7-17-40(45)56)28-35(30-37)52(59)57-41-18-8-12-23-46(41)65-47-24-13-9-19-42(47)57/h6-24,28-30,32-33,36,48,55H,25-27,31H2,1-5H3/t32-,33+,36?,48-/m0/s1. The molecule has 1 aliphatic carbocycles. The lowest BCUT2D eigenvalue weighted by Gasteiger charge is -2.32. The van der Waals surface area contributed by atoms with Crippen LogP contribution in [0.2, 0.25) is 0 Å². The van der Waals surface area contributed by atoms with Gasteiger partial charge in [-0.2, -0.15) is 0 Å². The predicted octanol–water partition coefficient (Wildman–Crippen LogP) is 12.8. The number of hydrogen-bond acceptors (Lipinski definition) is 9. The molecule has 4 aliphatic rings. The van der Waals surface area contributed by atoms with E-state index in [1.54, 1.807) is 45.5 Å². The van der Waals surface area contributed by atoms with Crippen molar-refractivity contribution >= 4 is 79.7 Å². The van der Waals surface area contributed by atoms with Gasteiger partial charge in [-0.25, -0.2) is 13.4 Å². The van der Waals surface area contributed by atoms with Crippen molar-refractivity contribution in [2.75, 3.05) is 21.1 Å². The van der Waals surface area contributed by atoms with Crippen LogP contribution in [0.25, 0.3) is 0 Å². The zero-order valence-electron chi connectivity index (χ0n) is 37.4. The molecule has 0 saturated heterocycles. The van der Waals surface area contributed by atoms with Gasteiger partial charge in [0.2, 0.25) is 5.90 Å². The van der Waals surface area contributed by atoms with E-state index in [9.17, 15) is 0 Å². The number of carbonyl (C=O) groups is 2. The minimum absolute atomic E-state index is 0.0112. The summed E-state index contributed by atoms with van der Waals surface area (Å²) in [7, 11) is -4.60. The highest BCUT2D eigenvalue weighted by molar-refractivity contribution is 8.00. The molecule has 1 fully saturated rings. The van der Waals surface area contributed by atoms with E-state index in [4.69, 9.17) is 14.5 Å². The molecule has 10 nitrogen and oxygen atoms in total. The molecule has 4 atom stereocenters. The largest absolute Gasteiger partial charge is 0.488 e. The predicted molar refractivity (Wildman–Crippen MR) is 263 cm³/mol. The molecule has 3 aliphatic heterocycles. The Bertz CT molecular complexity index is 2830. The third kappa shape index (κ3) is 8.37. The number of nitrogens with zero attached hydrogens (tertiary/aromatic N) is 3. The number of carbonyl (C=O) groups excluding carboxylic acids is 2. The van der Waals surface area contributed by atoms with Crippen LogP contribution in [0.4, 0.5) is 28.4 Å². The molecule has 66 heavy (non-hydrogen) atoms. The normalized spacial score (nSPS) is 19.9. The first-order valence-electron chi connectivity index (χ1n) is 22.3. The summed E-state index contributed by atoms with van der Waals surface area (Å²) in [6.45, 7) is 11.0. The lowest BCUT2D eigenvalue weighted by Crippen LogP contribution is -2.31. The molecule has 2 amide bonds. The summed E-state index contributed by atoms with van der Waals surface area (Å²) in [4.78, 5) is 41.9. The Morgan fingerprint density at radius 1 is 0.667 bits per heavy atom. The Labute approximate surface area is 394 Å². The van der Waals surface area contributed by atoms with E-state index in [-0.39, 0.29) is 39.3 Å². The van der Waals surface area contributed by atoms with Crippen LogP contribution in [0, 0.1) is 17.3 Å². The number of aliphatic imine (C=N–C) groups is 1. The Hall–Kier alpha value is -6.02. The van der Waals surface area contributed by atoms with Gasteiger partial charge in [-0.15, -0.1) is 0 Å². The molecule has 3 heterocycles. The third-order valence-electron chi connectivity index (χ3n) is 12.6. The van der Waals surface area contributed by atoms with Gasteiger partial charge in [-0.3, -0.25) is 24.1 Å². The lowest BCUT2D eigenvalue weighted by molar-refractivity contribution is 0.0996. The molecule has 1 unspecified atom stereocenters. The fraction of sp³-hybridized carbons (Fsp3) is 0.264. The van der Waals surface area contributed by atoms with Crippen LogP contribution >= 0.6 is 23.5 Å². The summed E-state index contributed by atoms with van der Waals surface area (Å²) in [6.07, 6.45) is 2.59. The summed E-state index contributed by atoms with van der Waals surface area (Å²) in [5.74, 6) is 0.524. The van der Waals surface area contributed by atoms with Gasteiger partial charge in [0, 0.05) is 30.7 Å². The van der Waals surface area contributed by atoms with Crippen LogP contribution < -0.4 is 19.3 Å². The Morgan fingerprint density at radius 3 is 1.59 bits per heavy atom. The first kappa shape index (κ1) is 43.9. The second-order valence-corrected chi connectivity index (χ2v) is 22.5. The second-order valence-electron chi connectivity index (χ2n) is 18.7. The number of para-hydroxylation sites is 5. The number of nitrogens with one attached hydrogen (secondary N) is 1. The number of sulfonamides is 1. The van der Waals surface area contributed by atoms with Gasteiger partial charge in [-0.05, 0) is 115 Å². The summed E-state index contributed by atoms with van der Waals surface area (Å²) in [6, 6.07) is 39.8. The topological polar surface area (TPSA) is 118 Å². The maximum Gasteiger partial charge on any atom is 0.262 e. The molecule has 13 heteroatoms. The highest BCUT2D eigenvalue weighted by Gasteiger charge is 2.36. The van der Waals surface area contributed by atoms with Gasteiger partial charge >= 0.3 is 0 Å². The van der Waals surface area contributed by atoms with Crippen LogP contribution in [-0.2, 0) is 14.8 Å². The average molecular weight is 935 g/mol. The Morgan fingerprint density at radius 2 is 1.14 bits per heavy atom. The molecule has 0 bridgehead atoms. The molecule has 0 radical (unpaired) electrons. The maximum atomic E-state index is 15.3. The smallest absolute Gasteiger partial charge is 0.262 e. The first-order valence-corrected chi connectivity index (χ1v) is 25.4.